The molecule has 1 aromatic heterocycles. The van der Waals surface area contributed by atoms with E-state index < -0.39 is 35.5 Å². The SMILES string of the molecule is CNC(=O)c1nsc2c1CCN(c1ccc(S(C)(=O)=O)c(S(N)(=O)=O)c1C(=N)NN=N)C2. The number of nitrogens with two attached hydrogens (primary N) is 1. The summed E-state index contributed by atoms with van der Waals surface area (Å²) in [6.07, 6.45) is 1.24. The molecule has 0 spiro atoms. The number of rotatable bonds is 6. The number of primary sulfonamides is 1. The normalized spacial score (nSPS) is 13.9. The van der Waals surface area contributed by atoms with E-state index in [0.717, 1.165) is 34.3 Å². The Morgan fingerprint density at radius 2 is 2.00 bits per heavy atom. The van der Waals surface area contributed by atoms with Crippen LogP contribution in [0.15, 0.2) is 27.1 Å². The van der Waals surface area contributed by atoms with Crippen LogP contribution in [-0.4, -0.2) is 52.8 Å². The summed E-state index contributed by atoms with van der Waals surface area (Å²) < 4.78 is 53.5. The van der Waals surface area contributed by atoms with Gasteiger partial charge < -0.3 is 10.2 Å². The van der Waals surface area contributed by atoms with Crippen LogP contribution in [-0.2, 0) is 32.8 Å². The molecule has 0 fully saturated rings. The summed E-state index contributed by atoms with van der Waals surface area (Å²) in [4.78, 5) is 13.2. The third-order valence-electron chi connectivity index (χ3n) is 4.82. The van der Waals surface area contributed by atoms with Gasteiger partial charge >= 0.3 is 0 Å². The highest BCUT2D eigenvalue weighted by Crippen LogP contribution is 2.36. The first-order valence-electron chi connectivity index (χ1n) is 8.95. The maximum Gasteiger partial charge on any atom is 0.271 e. The van der Waals surface area contributed by atoms with Gasteiger partial charge in [0.15, 0.2) is 15.7 Å². The molecular weight excluding hydrogens is 480 g/mol. The molecule has 0 atom stereocenters. The lowest BCUT2D eigenvalue weighted by molar-refractivity contribution is 0.0958. The fraction of sp³-hybridized carbons (Fsp3) is 0.312. The smallest absolute Gasteiger partial charge is 0.271 e. The van der Waals surface area contributed by atoms with Crippen LogP contribution in [0.1, 0.15) is 26.5 Å². The Kier molecular flexibility index (Phi) is 6.32. The standard InChI is InChI=1S/C16H20N8O5S3/c1-20-16(25)13-8-5-6-24(7-10(8)30-22-13)9-3-4-11(31(2,26)27)14(32(19,28)29)12(9)15(17)21-23-18/h3-4H,5-7H2,1-2H3,(H,20,25)(H3,17,18,21)(H2,19,28,29). The van der Waals surface area contributed by atoms with Crippen LogP contribution < -0.4 is 20.8 Å². The number of sulfone groups is 1. The second kappa shape index (κ2) is 8.53. The molecule has 0 saturated carbocycles. The monoisotopic (exact) mass is 500 g/mol. The minimum absolute atomic E-state index is 0.211. The van der Waals surface area contributed by atoms with Crippen LogP contribution >= 0.6 is 11.5 Å². The van der Waals surface area contributed by atoms with Gasteiger partial charge in [0, 0.05) is 36.0 Å². The van der Waals surface area contributed by atoms with Crippen molar-refractivity contribution in [2.24, 2.45) is 10.4 Å². The number of amidine groups is 1. The number of nitrogens with zero attached hydrogens (tertiary/aromatic N) is 3. The van der Waals surface area contributed by atoms with Gasteiger partial charge in [0.2, 0.25) is 10.0 Å². The average Bonchev–Trinajstić information content (AvgIpc) is 3.14. The van der Waals surface area contributed by atoms with Crippen molar-refractivity contribution in [3.8, 4) is 0 Å². The number of aromatic nitrogens is 1. The highest BCUT2D eigenvalue weighted by Gasteiger charge is 2.33. The van der Waals surface area contributed by atoms with Crippen LogP contribution in [0.5, 0.6) is 0 Å². The molecule has 16 heteroatoms. The number of hydrogen-bond acceptors (Lipinski definition) is 11. The van der Waals surface area contributed by atoms with E-state index in [2.05, 4.69) is 14.9 Å². The summed E-state index contributed by atoms with van der Waals surface area (Å²) in [7, 11) is -7.12. The molecule has 0 aliphatic carbocycles. The molecule has 0 unspecified atom stereocenters. The first-order valence-corrected chi connectivity index (χ1v) is 13.2. The number of carbonyl (C=O) groups is 1. The Morgan fingerprint density at radius 1 is 1.31 bits per heavy atom. The van der Waals surface area contributed by atoms with Gasteiger partial charge in [-0.25, -0.2) is 27.4 Å². The Bertz CT molecular complexity index is 1330. The van der Waals surface area contributed by atoms with E-state index in [0.29, 0.717) is 18.7 Å². The predicted octanol–water partition coefficient (Wildman–Crippen LogP) is -0.0228. The van der Waals surface area contributed by atoms with E-state index in [-0.39, 0.29) is 23.7 Å². The van der Waals surface area contributed by atoms with E-state index >= 15 is 0 Å². The topological polar surface area (TPSA) is 212 Å². The molecule has 1 amide bonds. The quantitative estimate of drug-likeness (QED) is 0.157. The molecule has 3 rings (SSSR count). The lowest BCUT2D eigenvalue weighted by atomic mass is 10.0. The summed E-state index contributed by atoms with van der Waals surface area (Å²) in [5, 5.41) is 19.0. The lowest BCUT2D eigenvalue weighted by Gasteiger charge is -2.31. The van der Waals surface area contributed by atoms with Crippen LogP contribution in [0, 0.1) is 10.9 Å². The number of carbonyl (C=O) groups excluding carboxylic acids is 1. The Balaban J connectivity index is 2.21. The third-order valence-corrected chi connectivity index (χ3v) is 7.95. The van der Waals surface area contributed by atoms with E-state index in [1.54, 1.807) is 4.90 Å². The van der Waals surface area contributed by atoms with Crippen molar-refractivity contribution in [2.45, 2.75) is 22.8 Å². The summed E-state index contributed by atoms with van der Waals surface area (Å²) in [6, 6.07) is 2.50. The Hall–Kier alpha value is -2.95. The summed E-state index contributed by atoms with van der Waals surface area (Å²) in [5.41, 5.74) is 10.0. The van der Waals surface area contributed by atoms with E-state index in [9.17, 15) is 21.6 Å². The van der Waals surface area contributed by atoms with E-state index in [4.69, 9.17) is 16.1 Å². The molecule has 1 aliphatic rings. The second-order valence-corrected chi connectivity index (χ2v) is 11.2. The number of benzene rings is 1. The van der Waals surface area contributed by atoms with Crippen molar-refractivity contribution in [3.05, 3.63) is 33.8 Å². The van der Waals surface area contributed by atoms with E-state index in [1.807, 2.05) is 5.43 Å². The Morgan fingerprint density at radius 3 is 2.56 bits per heavy atom. The second-order valence-electron chi connectivity index (χ2n) is 6.89. The van der Waals surface area contributed by atoms with Gasteiger partial charge in [0.25, 0.3) is 5.91 Å². The third kappa shape index (κ3) is 4.34. The van der Waals surface area contributed by atoms with Crippen molar-refractivity contribution in [1.29, 1.82) is 10.9 Å². The number of sulfonamides is 1. The van der Waals surface area contributed by atoms with Gasteiger partial charge in [0.1, 0.15) is 10.6 Å². The van der Waals surface area contributed by atoms with Crippen molar-refractivity contribution >= 4 is 48.8 Å². The number of fused-ring (bicyclic) bond motifs is 1. The Labute approximate surface area is 188 Å². The summed E-state index contributed by atoms with van der Waals surface area (Å²) >= 11 is 1.13. The molecule has 1 aliphatic heterocycles. The van der Waals surface area contributed by atoms with Crippen LogP contribution in [0.25, 0.3) is 0 Å². The lowest BCUT2D eigenvalue weighted by Crippen LogP contribution is -2.34. The van der Waals surface area contributed by atoms with Crippen LogP contribution in [0.4, 0.5) is 5.69 Å². The number of anilines is 1. The first kappa shape index (κ1) is 23.7. The predicted molar refractivity (Wildman–Crippen MR) is 116 cm³/mol. The number of nitrogens with one attached hydrogen (secondary N) is 4. The summed E-state index contributed by atoms with van der Waals surface area (Å²) in [5.74, 6) is -0.917. The van der Waals surface area contributed by atoms with Gasteiger partial charge in [-0.2, -0.15) is 9.90 Å². The minimum atomic E-state index is -4.60. The van der Waals surface area contributed by atoms with Gasteiger partial charge in [-0.1, -0.05) is 5.22 Å². The molecule has 32 heavy (non-hydrogen) atoms. The molecule has 0 saturated heterocycles. The highest BCUT2D eigenvalue weighted by molar-refractivity contribution is 7.93. The first-order chi connectivity index (χ1) is 14.9. The molecule has 172 valence electrons. The molecule has 1 aromatic carbocycles. The number of hydrogen-bond donors (Lipinski definition) is 5. The molecule has 13 nitrogen and oxygen atoms in total. The van der Waals surface area contributed by atoms with Crippen molar-refractivity contribution in [3.63, 3.8) is 0 Å². The molecular formula is C16H20N8O5S3. The van der Waals surface area contributed by atoms with Crippen LogP contribution in [0.2, 0.25) is 0 Å². The number of amides is 1. The van der Waals surface area contributed by atoms with Gasteiger partial charge in [0.05, 0.1) is 17.0 Å². The van der Waals surface area contributed by atoms with Crippen molar-refractivity contribution < 1.29 is 21.6 Å². The fourth-order valence-corrected chi connectivity index (χ4v) is 6.78. The zero-order valence-electron chi connectivity index (χ0n) is 17.0. The minimum Gasteiger partial charge on any atom is -0.365 e. The van der Waals surface area contributed by atoms with Crippen LogP contribution in [0.3, 0.4) is 0 Å². The summed E-state index contributed by atoms with van der Waals surface area (Å²) in [6.45, 7) is 0.570. The highest BCUT2D eigenvalue weighted by atomic mass is 32.2. The van der Waals surface area contributed by atoms with Gasteiger partial charge in [-0.05, 0) is 30.1 Å². The zero-order valence-corrected chi connectivity index (χ0v) is 19.4. The van der Waals surface area contributed by atoms with Gasteiger partial charge in [-0.15, -0.1) is 0 Å². The fourth-order valence-electron chi connectivity index (χ4n) is 3.47. The molecule has 0 radical (unpaired) electrons. The van der Waals surface area contributed by atoms with Crippen molar-refractivity contribution in [1.82, 2.24) is 15.1 Å². The molecule has 2 aromatic rings. The maximum absolute atomic E-state index is 12.4. The van der Waals surface area contributed by atoms with Crippen molar-refractivity contribution in [2.75, 3.05) is 24.7 Å². The molecule has 6 N–H and O–H groups in total. The molecule has 0 bridgehead atoms. The maximum atomic E-state index is 12.4. The van der Waals surface area contributed by atoms with Gasteiger partial charge in [-0.3, -0.25) is 10.2 Å². The van der Waals surface area contributed by atoms with E-state index in [1.165, 1.54) is 13.1 Å². The largest absolute Gasteiger partial charge is 0.365 e. The molecule has 2 heterocycles. The average molecular weight is 501 g/mol. The zero-order chi connectivity index (χ0) is 23.8.